The molecule has 0 spiro atoms. The molecule has 0 aliphatic carbocycles. The molecule has 0 saturated heterocycles. The number of hydrogen-bond donors (Lipinski definition) is 1. The molecule has 1 unspecified atom stereocenters. The largest absolute Gasteiger partial charge is 0.496 e. The zero-order valence-electron chi connectivity index (χ0n) is 11.7. The second kappa shape index (κ2) is 6.06. The van der Waals surface area contributed by atoms with Crippen LogP contribution in [0, 0.1) is 25.7 Å². The maximum atomic E-state index is 5.85. The Balaban J connectivity index is 3.04. The summed E-state index contributed by atoms with van der Waals surface area (Å²) in [6.45, 7) is 9.44. The van der Waals surface area contributed by atoms with Crippen LogP contribution in [0.2, 0.25) is 0 Å². The third-order valence-electron chi connectivity index (χ3n) is 3.51. The number of hydrogen-bond acceptors (Lipinski definition) is 2. The van der Waals surface area contributed by atoms with Gasteiger partial charge in [-0.1, -0.05) is 19.9 Å². The number of ether oxygens (including phenoxy) is 1. The van der Waals surface area contributed by atoms with Gasteiger partial charge in [0.05, 0.1) is 7.11 Å². The maximum absolute atomic E-state index is 5.85. The Kier molecular flexibility index (Phi) is 5.01. The third-order valence-corrected chi connectivity index (χ3v) is 3.51. The summed E-state index contributed by atoms with van der Waals surface area (Å²) in [7, 11) is 1.74. The van der Waals surface area contributed by atoms with Crippen molar-refractivity contribution in [2.75, 3.05) is 13.7 Å². The molecule has 0 bridgehead atoms. The van der Waals surface area contributed by atoms with Crippen LogP contribution in [0.5, 0.6) is 5.75 Å². The molecule has 2 N–H and O–H groups in total. The highest BCUT2D eigenvalue weighted by Crippen LogP contribution is 2.28. The lowest BCUT2D eigenvalue weighted by atomic mass is 9.87. The van der Waals surface area contributed by atoms with Crippen molar-refractivity contribution in [1.29, 1.82) is 0 Å². The Morgan fingerprint density at radius 1 is 1.24 bits per heavy atom. The van der Waals surface area contributed by atoms with E-state index in [4.69, 9.17) is 10.5 Å². The summed E-state index contributed by atoms with van der Waals surface area (Å²) in [5.74, 6) is 2.12. The van der Waals surface area contributed by atoms with Crippen LogP contribution in [0.25, 0.3) is 0 Å². The van der Waals surface area contributed by atoms with E-state index in [1.54, 1.807) is 7.11 Å². The van der Waals surface area contributed by atoms with E-state index >= 15 is 0 Å². The highest BCUT2D eigenvalue weighted by atomic mass is 16.5. The summed E-state index contributed by atoms with van der Waals surface area (Å²) in [4.78, 5) is 0. The van der Waals surface area contributed by atoms with E-state index in [-0.39, 0.29) is 0 Å². The molecule has 1 aromatic carbocycles. The smallest absolute Gasteiger partial charge is 0.122 e. The quantitative estimate of drug-likeness (QED) is 0.851. The van der Waals surface area contributed by atoms with Crippen LogP contribution in [0.1, 0.15) is 30.5 Å². The van der Waals surface area contributed by atoms with Crippen molar-refractivity contribution in [2.24, 2.45) is 17.6 Å². The van der Waals surface area contributed by atoms with Crippen LogP contribution in [0.4, 0.5) is 0 Å². The monoisotopic (exact) mass is 235 g/mol. The Labute approximate surface area is 105 Å². The van der Waals surface area contributed by atoms with Gasteiger partial charge in [-0.3, -0.25) is 0 Å². The Bertz CT molecular complexity index is 371. The highest BCUT2D eigenvalue weighted by Gasteiger charge is 2.16. The van der Waals surface area contributed by atoms with E-state index in [0.717, 1.165) is 18.7 Å². The molecule has 0 aliphatic heterocycles. The van der Waals surface area contributed by atoms with Crippen LogP contribution < -0.4 is 10.5 Å². The van der Waals surface area contributed by atoms with Gasteiger partial charge in [0.1, 0.15) is 5.75 Å². The number of benzene rings is 1. The van der Waals surface area contributed by atoms with Gasteiger partial charge in [0, 0.05) is 0 Å². The van der Waals surface area contributed by atoms with E-state index < -0.39 is 0 Å². The summed E-state index contributed by atoms with van der Waals surface area (Å²) in [5, 5.41) is 0. The maximum Gasteiger partial charge on any atom is 0.122 e. The molecule has 0 radical (unpaired) electrons. The van der Waals surface area contributed by atoms with Crippen molar-refractivity contribution in [3.05, 3.63) is 28.8 Å². The predicted octanol–water partition coefficient (Wildman–Crippen LogP) is 3.09. The molecule has 0 fully saturated rings. The van der Waals surface area contributed by atoms with Crippen molar-refractivity contribution in [2.45, 2.75) is 34.1 Å². The van der Waals surface area contributed by atoms with E-state index in [9.17, 15) is 0 Å². The van der Waals surface area contributed by atoms with Crippen molar-refractivity contribution in [3.63, 3.8) is 0 Å². The summed E-state index contributed by atoms with van der Waals surface area (Å²) in [6, 6.07) is 4.32. The fourth-order valence-corrected chi connectivity index (χ4v) is 2.26. The molecule has 1 aromatic rings. The Hall–Kier alpha value is -1.02. The molecule has 1 rings (SSSR count). The van der Waals surface area contributed by atoms with Gasteiger partial charge in [-0.2, -0.15) is 0 Å². The minimum atomic E-state index is 0.519. The van der Waals surface area contributed by atoms with E-state index in [1.165, 1.54) is 16.7 Å². The van der Waals surface area contributed by atoms with Gasteiger partial charge in [0.2, 0.25) is 0 Å². The first-order valence-electron chi connectivity index (χ1n) is 6.33. The molecule has 17 heavy (non-hydrogen) atoms. The molecule has 0 amide bonds. The van der Waals surface area contributed by atoms with Crippen LogP contribution in [-0.2, 0) is 6.42 Å². The molecule has 0 heterocycles. The topological polar surface area (TPSA) is 35.2 Å². The number of rotatable bonds is 5. The Morgan fingerprint density at radius 3 is 2.35 bits per heavy atom. The fourth-order valence-electron chi connectivity index (χ4n) is 2.26. The lowest BCUT2D eigenvalue weighted by Gasteiger charge is -2.22. The number of methoxy groups -OCH3 is 1. The normalized spacial score (nSPS) is 12.9. The van der Waals surface area contributed by atoms with Gasteiger partial charge in [-0.25, -0.2) is 0 Å². The standard InChI is InChI=1S/C15H25NO/c1-10(2)13(9-16)8-14-12(4)6-11(3)7-15(14)17-5/h6-7,10,13H,8-9,16H2,1-5H3. The fraction of sp³-hybridized carbons (Fsp3) is 0.600. The van der Waals surface area contributed by atoms with Crippen molar-refractivity contribution in [3.8, 4) is 5.75 Å². The van der Waals surface area contributed by atoms with Gasteiger partial charge in [-0.05, 0) is 61.4 Å². The lowest BCUT2D eigenvalue weighted by Crippen LogP contribution is -2.22. The number of nitrogens with two attached hydrogens (primary N) is 1. The van der Waals surface area contributed by atoms with Gasteiger partial charge in [0.25, 0.3) is 0 Å². The second-order valence-corrected chi connectivity index (χ2v) is 5.21. The van der Waals surface area contributed by atoms with E-state index in [1.807, 2.05) is 0 Å². The molecule has 0 aromatic heterocycles. The summed E-state index contributed by atoms with van der Waals surface area (Å²) in [5.41, 5.74) is 9.71. The first kappa shape index (κ1) is 14.0. The summed E-state index contributed by atoms with van der Waals surface area (Å²) < 4.78 is 5.49. The minimum Gasteiger partial charge on any atom is -0.496 e. The average molecular weight is 235 g/mol. The zero-order valence-corrected chi connectivity index (χ0v) is 11.7. The predicted molar refractivity (Wildman–Crippen MR) is 73.6 cm³/mol. The lowest BCUT2D eigenvalue weighted by molar-refractivity contribution is 0.372. The minimum absolute atomic E-state index is 0.519. The van der Waals surface area contributed by atoms with Crippen LogP contribution in [-0.4, -0.2) is 13.7 Å². The molecule has 2 heteroatoms. The van der Waals surface area contributed by atoms with Gasteiger partial charge < -0.3 is 10.5 Å². The van der Waals surface area contributed by atoms with E-state index in [0.29, 0.717) is 11.8 Å². The van der Waals surface area contributed by atoms with Gasteiger partial charge in [-0.15, -0.1) is 0 Å². The molecule has 2 nitrogen and oxygen atoms in total. The van der Waals surface area contributed by atoms with Crippen LogP contribution in [0.3, 0.4) is 0 Å². The van der Waals surface area contributed by atoms with Crippen LogP contribution >= 0.6 is 0 Å². The third kappa shape index (κ3) is 3.47. The van der Waals surface area contributed by atoms with Crippen molar-refractivity contribution >= 4 is 0 Å². The van der Waals surface area contributed by atoms with Crippen molar-refractivity contribution in [1.82, 2.24) is 0 Å². The second-order valence-electron chi connectivity index (χ2n) is 5.21. The zero-order chi connectivity index (χ0) is 13.0. The van der Waals surface area contributed by atoms with Crippen LogP contribution in [0.15, 0.2) is 12.1 Å². The average Bonchev–Trinajstić information content (AvgIpc) is 2.26. The molecular formula is C15H25NO. The van der Waals surface area contributed by atoms with E-state index in [2.05, 4.69) is 39.8 Å². The first-order chi connectivity index (χ1) is 7.99. The molecule has 96 valence electrons. The SMILES string of the molecule is COc1cc(C)cc(C)c1CC(CN)C(C)C. The van der Waals surface area contributed by atoms with Gasteiger partial charge >= 0.3 is 0 Å². The summed E-state index contributed by atoms with van der Waals surface area (Å²) in [6.07, 6.45) is 1.00. The Morgan fingerprint density at radius 2 is 1.88 bits per heavy atom. The molecule has 0 aliphatic rings. The molecule has 0 saturated carbocycles. The summed E-state index contributed by atoms with van der Waals surface area (Å²) >= 11 is 0. The molecular weight excluding hydrogens is 210 g/mol. The number of aryl methyl sites for hydroxylation is 2. The molecule has 1 atom stereocenters. The van der Waals surface area contributed by atoms with Gasteiger partial charge in [0.15, 0.2) is 0 Å². The first-order valence-corrected chi connectivity index (χ1v) is 6.33. The van der Waals surface area contributed by atoms with Crippen molar-refractivity contribution < 1.29 is 4.74 Å². The highest BCUT2D eigenvalue weighted by molar-refractivity contribution is 5.43.